The number of aliphatic carboxylic acids is 2. The Hall–Kier alpha value is -1.06. The van der Waals surface area contributed by atoms with Gasteiger partial charge in [-0.1, -0.05) is 41.5 Å². The Balaban J connectivity index is -0.000000272. The molecule has 0 aromatic carbocycles. The van der Waals surface area contributed by atoms with Gasteiger partial charge in [-0.2, -0.15) is 0 Å². The summed E-state index contributed by atoms with van der Waals surface area (Å²) in [5.74, 6) is 3.04. The third-order valence-electron chi connectivity index (χ3n) is 4.00. The number of hydrogen-bond donors (Lipinski definition) is 2. The molecule has 4 rings (SSSR count). The maximum absolute atomic E-state index is 9.00. The van der Waals surface area contributed by atoms with E-state index >= 15 is 0 Å². The molecule has 0 amide bonds. The summed E-state index contributed by atoms with van der Waals surface area (Å²) in [6.07, 6.45) is 9.62. The van der Waals surface area contributed by atoms with Gasteiger partial charge in [-0.3, -0.25) is 9.59 Å². The molecule has 4 aliphatic carbocycles. The number of hydrogen-bond acceptors (Lipinski definition) is 2. The molecule has 0 aromatic rings. The molecule has 0 atom stereocenters. The van der Waals surface area contributed by atoms with Crippen molar-refractivity contribution >= 4 is 11.9 Å². The van der Waals surface area contributed by atoms with E-state index in [9.17, 15) is 0 Å². The Kier molecular flexibility index (Phi) is 21.2. The summed E-state index contributed by atoms with van der Waals surface area (Å²) < 4.78 is 0. The minimum atomic E-state index is -0.833. The first kappa shape index (κ1) is 27.8. The molecule has 0 radical (unpaired) electrons. The topological polar surface area (TPSA) is 74.6 Å². The van der Waals surface area contributed by atoms with Crippen molar-refractivity contribution in [3.8, 4) is 0 Å². The highest BCUT2D eigenvalue weighted by Gasteiger charge is 2.41. The average molecular weight is 347 g/mol. The molecule has 0 aromatic heterocycles. The van der Waals surface area contributed by atoms with Crippen molar-refractivity contribution < 1.29 is 19.8 Å². The maximum Gasteiger partial charge on any atom is 0.300 e. The first-order valence-electron chi connectivity index (χ1n) is 9.75. The zero-order valence-corrected chi connectivity index (χ0v) is 17.3. The summed E-state index contributed by atoms with van der Waals surface area (Å²) in [6, 6.07) is 0. The Morgan fingerprint density at radius 1 is 0.542 bits per heavy atom. The lowest BCUT2D eigenvalue weighted by Crippen LogP contribution is -2.38. The summed E-state index contributed by atoms with van der Waals surface area (Å²) in [7, 11) is 0. The zero-order valence-electron chi connectivity index (χ0n) is 17.3. The van der Waals surface area contributed by atoms with Crippen molar-refractivity contribution in [2.45, 2.75) is 93.9 Å². The van der Waals surface area contributed by atoms with Gasteiger partial charge in [0.2, 0.25) is 0 Å². The molecule has 2 N–H and O–H groups in total. The zero-order chi connectivity index (χ0) is 19.7. The van der Waals surface area contributed by atoms with Crippen LogP contribution in [0.2, 0.25) is 0 Å². The smallest absolute Gasteiger partial charge is 0.300 e. The summed E-state index contributed by atoms with van der Waals surface area (Å²) in [5.41, 5.74) is 0. The standard InChI is InChI=1S/C10H16.2C2H4O2.3C2H6/c1-7-2-9-4-8(1)5-10(3-7)6-9;2*1-2(3)4;3*1-2/h7-10H,1-6H2;2*1H3,(H,3,4);3*1-2H3. The van der Waals surface area contributed by atoms with Crippen molar-refractivity contribution in [3.63, 3.8) is 0 Å². The monoisotopic (exact) mass is 346 g/mol. The number of rotatable bonds is 0. The van der Waals surface area contributed by atoms with Crippen LogP contribution in [0.25, 0.3) is 0 Å². The van der Waals surface area contributed by atoms with Gasteiger partial charge in [0.15, 0.2) is 0 Å². The lowest BCUT2D eigenvalue weighted by Gasteiger charge is -2.49. The van der Waals surface area contributed by atoms with Crippen molar-refractivity contribution in [2.24, 2.45) is 23.7 Å². The van der Waals surface area contributed by atoms with Crippen LogP contribution in [0.4, 0.5) is 0 Å². The summed E-state index contributed by atoms with van der Waals surface area (Å²) in [4.78, 5) is 18.0. The number of carboxylic acids is 2. The van der Waals surface area contributed by atoms with E-state index in [4.69, 9.17) is 19.8 Å². The van der Waals surface area contributed by atoms with E-state index in [1.807, 2.05) is 41.5 Å². The van der Waals surface area contributed by atoms with Crippen molar-refractivity contribution in [1.29, 1.82) is 0 Å². The molecule has 0 unspecified atom stereocenters. The molecule has 4 nitrogen and oxygen atoms in total. The molecule has 24 heavy (non-hydrogen) atoms. The summed E-state index contributed by atoms with van der Waals surface area (Å²) >= 11 is 0. The minimum Gasteiger partial charge on any atom is -0.481 e. The number of carboxylic acid groups (broad SMARTS) is 2. The van der Waals surface area contributed by atoms with Gasteiger partial charge in [-0.25, -0.2) is 0 Å². The van der Waals surface area contributed by atoms with Crippen LogP contribution >= 0.6 is 0 Å². The van der Waals surface area contributed by atoms with Crippen LogP contribution < -0.4 is 0 Å². The van der Waals surface area contributed by atoms with Crippen molar-refractivity contribution in [1.82, 2.24) is 0 Å². The van der Waals surface area contributed by atoms with E-state index in [-0.39, 0.29) is 0 Å². The predicted octanol–water partition coefficient (Wildman–Crippen LogP) is 6.09. The van der Waals surface area contributed by atoms with Gasteiger partial charge in [-0.05, 0) is 62.2 Å². The molecule has 4 bridgehead atoms. The Morgan fingerprint density at radius 2 is 0.625 bits per heavy atom. The largest absolute Gasteiger partial charge is 0.481 e. The van der Waals surface area contributed by atoms with Crippen LogP contribution in [0.1, 0.15) is 93.9 Å². The highest BCUT2D eigenvalue weighted by atomic mass is 16.4. The van der Waals surface area contributed by atoms with E-state index in [0.29, 0.717) is 0 Å². The number of carbonyl (C=O) groups is 2. The van der Waals surface area contributed by atoms with Gasteiger partial charge >= 0.3 is 0 Å². The Labute approximate surface area is 150 Å². The quantitative estimate of drug-likeness (QED) is 0.556. The Bertz CT molecular complexity index is 223. The fourth-order valence-electron chi connectivity index (χ4n) is 3.98. The molecule has 4 aliphatic rings. The van der Waals surface area contributed by atoms with E-state index in [1.54, 1.807) is 38.5 Å². The van der Waals surface area contributed by atoms with Gasteiger partial charge in [0.05, 0.1) is 0 Å². The van der Waals surface area contributed by atoms with Crippen LogP contribution in [0, 0.1) is 23.7 Å². The van der Waals surface area contributed by atoms with E-state index in [2.05, 4.69) is 0 Å². The molecule has 0 spiro atoms. The Morgan fingerprint density at radius 3 is 0.708 bits per heavy atom. The van der Waals surface area contributed by atoms with Crippen LogP contribution in [-0.4, -0.2) is 22.2 Å². The van der Waals surface area contributed by atoms with Crippen LogP contribution in [0.5, 0.6) is 0 Å². The third kappa shape index (κ3) is 15.8. The fourth-order valence-corrected chi connectivity index (χ4v) is 3.98. The normalized spacial score (nSPS) is 26.8. The molecule has 0 aliphatic heterocycles. The molecule has 4 heteroatoms. The third-order valence-corrected chi connectivity index (χ3v) is 4.00. The highest BCUT2D eigenvalue weighted by molar-refractivity contribution is 5.63. The molecule has 0 heterocycles. The maximum atomic E-state index is 9.00. The van der Waals surface area contributed by atoms with Gasteiger partial charge in [0, 0.05) is 13.8 Å². The van der Waals surface area contributed by atoms with Gasteiger partial charge < -0.3 is 10.2 Å². The molecule has 4 saturated carbocycles. The second-order valence-electron chi connectivity index (χ2n) is 5.92. The van der Waals surface area contributed by atoms with Crippen molar-refractivity contribution in [3.05, 3.63) is 0 Å². The van der Waals surface area contributed by atoms with Crippen LogP contribution in [0.15, 0.2) is 0 Å². The van der Waals surface area contributed by atoms with Gasteiger partial charge in [0.1, 0.15) is 0 Å². The summed E-state index contributed by atoms with van der Waals surface area (Å²) in [6.45, 7) is 14.2. The second-order valence-corrected chi connectivity index (χ2v) is 5.92. The van der Waals surface area contributed by atoms with Crippen LogP contribution in [0.3, 0.4) is 0 Å². The fraction of sp³-hybridized carbons (Fsp3) is 0.900. The van der Waals surface area contributed by atoms with E-state index < -0.39 is 11.9 Å². The summed E-state index contributed by atoms with van der Waals surface area (Å²) in [5, 5.41) is 14.8. The molecule has 0 saturated heterocycles. The highest BCUT2D eigenvalue weighted by Crippen LogP contribution is 2.53. The molecular formula is C20H42O4. The van der Waals surface area contributed by atoms with E-state index in [1.165, 1.54) is 23.7 Å². The predicted molar refractivity (Wildman–Crippen MR) is 102 cm³/mol. The average Bonchev–Trinajstić information content (AvgIpc) is 2.51. The first-order chi connectivity index (χ1) is 11.4. The minimum absolute atomic E-state index is 0.833. The lowest BCUT2D eigenvalue weighted by molar-refractivity contribution is -0.135. The molecule has 4 fully saturated rings. The van der Waals surface area contributed by atoms with Gasteiger partial charge in [0.25, 0.3) is 11.9 Å². The molecular weight excluding hydrogens is 304 g/mol. The van der Waals surface area contributed by atoms with Crippen LogP contribution in [-0.2, 0) is 9.59 Å². The second kappa shape index (κ2) is 18.3. The van der Waals surface area contributed by atoms with Gasteiger partial charge in [-0.15, -0.1) is 0 Å². The lowest BCUT2D eigenvalue weighted by atomic mass is 9.56. The first-order valence-corrected chi connectivity index (χ1v) is 9.75. The van der Waals surface area contributed by atoms with E-state index in [0.717, 1.165) is 13.8 Å². The van der Waals surface area contributed by atoms with Crippen molar-refractivity contribution in [2.75, 3.05) is 0 Å². The molecule has 146 valence electrons. The SMILES string of the molecule is C1C2CC3CC1CC(C2)C3.CC.CC.CC.CC(=O)O.CC(=O)O.